The number of benzene rings is 2. The summed E-state index contributed by atoms with van der Waals surface area (Å²) in [6.45, 7) is 0. The fourth-order valence-electron chi connectivity index (χ4n) is 1.67. The van der Waals surface area contributed by atoms with Crippen molar-refractivity contribution in [2.75, 3.05) is 0 Å². The molecule has 0 fully saturated rings. The van der Waals surface area contributed by atoms with Gasteiger partial charge in [-0.05, 0) is 23.3 Å². The Morgan fingerprint density at radius 2 is 1.61 bits per heavy atom. The van der Waals surface area contributed by atoms with Crippen molar-refractivity contribution in [1.82, 2.24) is 0 Å². The predicted molar refractivity (Wildman–Crippen MR) is 67.1 cm³/mol. The third kappa shape index (κ3) is 2.47. The summed E-state index contributed by atoms with van der Waals surface area (Å²) in [7, 11) is -4.41. The van der Waals surface area contributed by atoms with E-state index in [1.54, 1.807) is 6.07 Å². The average Bonchev–Trinajstić information content (AvgIpc) is 2.38. The average molecular weight is 262 g/mol. The lowest BCUT2D eigenvalue weighted by Crippen LogP contribution is -2.03. The fraction of sp³-hybridized carbons (Fsp3) is 0. The molecule has 2 aromatic carbocycles. The van der Waals surface area contributed by atoms with Crippen molar-refractivity contribution in [3.05, 3.63) is 54.1 Å². The lowest BCUT2D eigenvalue weighted by Gasteiger charge is -2.06. The molecule has 4 nitrogen and oxygen atoms in total. The van der Waals surface area contributed by atoms with Crippen LogP contribution < -0.4 is 0 Å². The van der Waals surface area contributed by atoms with E-state index in [1.165, 1.54) is 12.1 Å². The molecule has 0 radical (unpaired) electrons. The van der Waals surface area contributed by atoms with Crippen LogP contribution in [0.15, 0.2) is 53.4 Å². The van der Waals surface area contributed by atoms with Crippen molar-refractivity contribution in [3.63, 3.8) is 0 Å². The second-order valence-corrected chi connectivity index (χ2v) is 5.10. The van der Waals surface area contributed by atoms with Crippen LogP contribution in [0.2, 0.25) is 0 Å². The molecule has 0 unspecified atom stereocenters. The number of rotatable bonds is 3. The van der Waals surface area contributed by atoms with Crippen LogP contribution in [0.4, 0.5) is 0 Å². The van der Waals surface area contributed by atoms with Crippen molar-refractivity contribution < 1.29 is 17.8 Å². The Morgan fingerprint density at radius 3 is 2.17 bits per heavy atom. The van der Waals surface area contributed by atoms with Crippen molar-refractivity contribution in [1.29, 1.82) is 0 Å². The smallest absolute Gasteiger partial charge is 0.295 e. The summed E-state index contributed by atoms with van der Waals surface area (Å²) >= 11 is 0. The van der Waals surface area contributed by atoms with Crippen LogP contribution >= 0.6 is 0 Å². The molecular weight excluding hydrogens is 252 g/mol. The first kappa shape index (κ1) is 12.5. The largest absolute Gasteiger partial charge is 0.298 e. The summed E-state index contributed by atoms with van der Waals surface area (Å²) in [4.78, 5) is 10.4. The Morgan fingerprint density at radius 1 is 0.944 bits per heavy atom. The normalized spacial score (nSPS) is 11.2. The Bertz CT molecular complexity index is 675. The Hall–Kier alpha value is -1.98. The van der Waals surface area contributed by atoms with Crippen LogP contribution in [-0.2, 0) is 10.1 Å². The van der Waals surface area contributed by atoms with E-state index in [-0.39, 0.29) is 10.5 Å². The number of hydrogen-bond donors (Lipinski definition) is 1. The molecule has 0 saturated heterocycles. The third-order valence-corrected chi connectivity index (χ3v) is 3.43. The van der Waals surface area contributed by atoms with Crippen molar-refractivity contribution >= 4 is 16.4 Å². The molecule has 0 spiro atoms. The molecule has 0 amide bonds. The zero-order valence-electron chi connectivity index (χ0n) is 9.28. The second kappa shape index (κ2) is 4.72. The highest BCUT2D eigenvalue weighted by molar-refractivity contribution is 7.86. The minimum atomic E-state index is -4.41. The van der Waals surface area contributed by atoms with Gasteiger partial charge >= 0.3 is 0 Å². The maximum absolute atomic E-state index is 11.2. The Labute approximate surface area is 105 Å². The van der Waals surface area contributed by atoms with Gasteiger partial charge in [-0.15, -0.1) is 0 Å². The summed E-state index contributed by atoms with van der Waals surface area (Å²) in [6.07, 6.45) is 0.401. The van der Waals surface area contributed by atoms with Gasteiger partial charge in [0.05, 0.1) is 0 Å². The molecule has 0 aliphatic carbocycles. The van der Waals surface area contributed by atoms with E-state index < -0.39 is 10.1 Å². The summed E-state index contributed by atoms with van der Waals surface area (Å²) in [5, 5.41) is 0. The second-order valence-electron chi connectivity index (χ2n) is 3.71. The molecule has 1 N–H and O–H groups in total. The number of aldehydes is 1. The number of carbonyl (C=O) groups excluding carboxylic acids is 1. The molecule has 5 heteroatoms. The molecule has 92 valence electrons. The molecule has 2 aromatic rings. The quantitative estimate of drug-likeness (QED) is 0.681. The maximum atomic E-state index is 11.2. The highest BCUT2D eigenvalue weighted by atomic mass is 32.2. The molecule has 0 atom stereocenters. The molecule has 0 aromatic heterocycles. The number of carbonyl (C=O) groups is 1. The van der Waals surface area contributed by atoms with Gasteiger partial charge in [-0.2, -0.15) is 8.42 Å². The summed E-state index contributed by atoms with van der Waals surface area (Å²) in [5.41, 5.74) is 1.37. The predicted octanol–water partition coefficient (Wildman–Crippen LogP) is 2.41. The molecule has 18 heavy (non-hydrogen) atoms. The summed E-state index contributed by atoms with van der Waals surface area (Å²) in [5.74, 6) is 0. The van der Waals surface area contributed by atoms with Crippen LogP contribution in [0, 0.1) is 0 Å². The van der Waals surface area contributed by atoms with Gasteiger partial charge in [0.15, 0.2) is 6.29 Å². The van der Waals surface area contributed by atoms with Crippen LogP contribution in [0.5, 0.6) is 0 Å². The lowest BCUT2D eigenvalue weighted by atomic mass is 10.0. The summed E-state index contributed by atoms with van der Waals surface area (Å²) in [6, 6.07) is 13.4. The standard InChI is InChI=1S/C13H10O4S/c14-9-12-7-6-11(8-13(12)18(15,16)17)10-4-2-1-3-5-10/h1-9H,(H,15,16,17). The van der Waals surface area contributed by atoms with Crippen LogP contribution in [0.3, 0.4) is 0 Å². The molecule has 0 saturated carbocycles. The minimum absolute atomic E-state index is 0.0582. The minimum Gasteiger partial charge on any atom is -0.298 e. The number of hydrogen-bond acceptors (Lipinski definition) is 3. The fourth-order valence-corrected chi connectivity index (χ4v) is 2.36. The van der Waals surface area contributed by atoms with Gasteiger partial charge in [-0.1, -0.05) is 36.4 Å². The maximum Gasteiger partial charge on any atom is 0.295 e. The van der Waals surface area contributed by atoms with E-state index in [0.29, 0.717) is 11.8 Å². The van der Waals surface area contributed by atoms with Crippen LogP contribution in [0.1, 0.15) is 10.4 Å². The van der Waals surface area contributed by atoms with E-state index in [2.05, 4.69) is 0 Å². The van der Waals surface area contributed by atoms with E-state index in [1.807, 2.05) is 30.3 Å². The van der Waals surface area contributed by atoms with E-state index in [9.17, 15) is 13.2 Å². The van der Waals surface area contributed by atoms with E-state index >= 15 is 0 Å². The van der Waals surface area contributed by atoms with Crippen molar-refractivity contribution in [2.24, 2.45) is 0 Å². The van der Waals surface area contributed by atoms with Crippen molar-refractivity contribution in [3.8, 4) is 11.1 Å². The molecular formula is C13H10O4S. The van der Waals surface area contributed by atoms with Gasteiger partial charge < -0.3 is 0 Å². The van der Waals surface area contributed by atoms with Gasteiger partial charge in [0.2, 0.25) is 0 Å². The highest BCUT2D eigenvalue weighted by Gasteiger charge is 2.16. The monoisotopic (exact) mass is 262 g/mol. The van der Waals surface area contributed by atoms with Gasteiger partial charge in [-0.25, -0.2) is 0 Å². The van der Waals surface area contributed by atoms with Gasteiger partial charge in [0, 0.05) is 5.56 Å². The molecule has 2 rings (SSSR count). The first-order chi connectivity index (χ1) is 8.52. The molecule has 0 bridgehead atoms. The molecule has 0 aliphatic heterocycles. The zero-order valence-corrected chi connectivity index (χ0v) is 10.1. The third-order valence-electron chi connectivity index (χ3n) is 2.53. The first-order valence-electron chi connectivity index (χ1n) is 5.14. The Kier molecular flexibility index (Phi) is 3.27. The molecule has 0 aliphatic rings. The highest BCUT2D eigenvalue weighted by Crippen LogP contribution is 2.24. The Balaban J connectivity index is 2.64. The lowest BCUT2D eigenvalue weighted by molar-refractivity contribution is 0.112. The van der Waals surface area contributed by atoms with Gasteiger partial charge in [-0.3, -0.25) is 9.35 Å². The van der Waals surface area contributed by atoms with E-state index in [0.717, 1.165) is 5.56 Å². The summed E-state index contributed by atoms with van der Waals surface area (Å²) < 4.78 is 31.5. The van der Waals surface area contributed by atoms with Gasteiger partial charge in [0.25, 0.3) is 10.1 Å². The molecule has 0 heterocycles. The van der Waals surface area contributed by atoms with Crippen LogP contribution in [-0.4, -0.2) is 19.3 Å². The first-order valence-corrected chi connectivity index (χ1v) is 6.58. The SMILES string of the molecule is O=Cc1ccc(-c2ccccc2)cc1S(=O)(=O)O. The zero-order chi connectivity index (χ0) is 13.2. The van der Waals surface area contributed by atoms with Gasteiger partial charge in [0.1, 0.15) is 4.90 Å². The van der Waals surface area contributed by atoms with Crippen LogP contribution in [0.25, 0.3) is 11.1 Å². The topological polar surface area (TPSA) is 71.4 Å². The van der Waals surface area contributed by atoms with E-state index in [4.69, 9.17) is 4.55 Å². The van der Waals surface area contributed by atoms with Crippen molar-refractivity contribution in [2.45, 2.75) is 4.90 Å².